The monoisotopic (exact) mass is 309 g/mol. The maximum atomic E-state index is 13.8. The molecule has 1 aromatic heterocycles. The van der Waals surface area contributed by atoms with Crippen molar-refractivity contribution in [3.05, 3.63) is 45.5 Å². The average molecular weight is 309 g/mol. The molecule has 114 valence electrons. The highest BCUT2D eigenvalue weighted by Gasteiger charge is 2.30. The van der Waals surface area contributed by atoms with Crippen LogP contribution in [0, 0.1) is 12.7 Å². The topological polar surface area (TPSA) is 48.3 Å². The van der Waals surface area contributed by atoms with Crippen LogP contribution in [0.2, 0.25) is 0 Å². The van der Waals surface area contributed by atoms with Gasteiger partial charge in [0, 0.05) is 23.2 Å². The first-order chi connectivity index (χ1) is 10.4. The number of aromatic nitrogens is 1. The molecule has 1 heterocycles. The van der Waals surface area contributed by atoms with E-state index < -0.39 is 30.2 Å². The molecule has 1 aromatic carbocycles. The lowest BCUT2D eigenvalue weighted by atomic mass is 10.1. The Bertz CT molecular complexity index is 830. The van der Waals surface area contributed by atoms with Gasteiger partial charge in [-0.2, -0.15) is 0 Å². The van der Waals surface area contributed by atoms with Crippen molar-refractivity contribution in [3.63, 3.8) is 0 Å². The van der Waals surface area contributed by atoms with Gasteiger partial charge in [0.25, 0.3) is 0 Å². The number of carbonyl (C=O) groups excluding carboxylic acids is 1. The summed E-state index contributed by atoms with van der Waals surface area (Å²) in [7, 11) is -3.30. The van der Waals surface area contributed by atoms with Crippen molar-refractivity contribution in [1.82, 2.24) is 4.57 Å². The lowest BCUT2D eigenvalue weighted by Gasteiger charge is -2.14. The summed E-state index contributed by atoms with van der Waals surface area (Å²) in [5, 5.41) is 0.120. The quantitative estimate of drug-likeness (QED) is 0.819. The number of pyridine rings is 1. The summed E-state index contributed by atoms with van der Waals surface area (Å²) in [6, 6.07) is 2.41. The van der Waals surface area contributed by atoms with Crippen molar-refractivity contribution in [2.45, 2.75) is 25.8 Å². The molecule has 22 heavy (non-hydrogen) atoms. The predicted molar refractivity (Wildman–Crippen MR) is 74.6 cm³/mol. The first-order valence-electron chi connectivity index (χ1n) is 6.73. The van der Waals surface area contributed by atoms with E-state index in [9.17, 15) is 22.6 Å². The van der Waals surface area contributed by atoms with Gasteiger partial charge in [0.05, 0.1) is 5.52 Å². The second kappa shape index (κ2) is 5.19. The highest BCUT2D eigenvalue weighted by molar-refractivity contribution is 6.38. The van der Waals surface area contributed by atoms with Gasteiger partial charge in [-0.25, -0.2) is 17.8 Å². The maximum absolute atomic E-state index is 13.8. The third-order valence-corrected chi connectivity index (χ3v) is 3.74. The van der Waals surface area contributed by atoms with Crippen molar-refractivity contribution >= 4 is 24.3 Å². The summed E-state index contributed by atoms with van der Waals surface area (Å²) in [5.74, 6) is -1.84. The van der Waals surface area contributed by atoms with E-state index in [-0.39, 0.29) is 17.0 Å². The zero-order chi connectivity index (χ0) is 16.0. The molecule has 0 N–H and O–H groups in total. The summed E-state index contributed by atoms with van der Waals surface area (Å²) in [6.07, 6.45) is 2.83. The summed E-state index contributed by atoms with van der Waals surface area (Å²) in [5.41, 5.74) is -0.525. The van der Waals surface area contributed by atoms with Gasteiger partial charge >= 0.3 is 13.4 Å². The van der Waals surface area contributed by atoms with Gasteiger partial charge < -0.3 is 9.22 Å². The van der Waals surface area contributed by atoms with Crippen molar-refractivity contribution in [2.24, 2.45) is 0 Å². The molecule has 0 spiro atoms. The largest absolute Gasteiger partial charge is 0.798 e. The number of nitrogens with zero attached hydrogens (tertiary/aromatic N) is 1. The molecule has 4 nitrogen and oxygen atoms in total. The third-order valence-electron chi connectivity index (χ3n) is 3.74. The Morgan fingerprint density at radius 1 is 1.36 bits per heavy atom. The van der Waals surface area contributed by atoms with Crippen molar-refractivity contribution in [3.8, 4) is 0 Å². The molecule has 0 unspecified atom stereocenters. The Labute approximate surface area is 123 Å². The fourth-order valence-electron chi connectivity index (χ4n) is 2.53. The van der Waals surface area contributed by atoms with Gasteiger partial charge in [0.15, 0.2) is 0 Å². The van der Waals surface area contributed by atoms with Crippen molar-refractivity contribution in [2.75, 3.05) is 0 Å². The number of hydrogen-bond donors (Lipinski definition) is 0. The highest BCUT2D eigenvalue weighted by atomic mass is 19.2. The van der Waals surface area contributed by atoms with Crippen LogP contribution >= 0.6 is 0 Å². The number of hydrogen-bond acceptors (Lipinski definition) is 3. The number of fused-ring (bicyclic) bond motifs is 1. The van der Waals surface area contributed by atoms with Crippen LogP contribution in [0.1, 0.15) is 34.8 Å². The van der Waals surface area contributed by atoms with Crippen LogP contribution in [0.3, 0.4) is 0 Å². The van der Waals surface area contributed by atoms with Crippen molar-refractivity contribution < 1.29 is 22.5 Å². The van der Waals surface area contributed by atoms with E-state index in [1.54, 1.807) is 4.57 Å². The normalized spacial score (nSPS) is 14.2. The van der Waals surface area contributed by atoms with Crippen molar-refractivity contribution in [1.29, 1.82) is 0 Å². The lowest BCUT2D eigenvalue weighted by Crippen LogP contribution is -2.23. The van der Waals surface area contributed by atoms with E-state index in [1.165, 1.54) is 19.2 Å². The van der Waals surface area contributed by atoms with E-state index in [0.29, 0.717) is 5.52 Å². The van der Waals surface area contributed by atoms with E-state index in [0.717, 1.165) is 18.9 Å². The number of carbonyl (C=O) groups is 1. The van der Waals surface area contributed by atoms with E-state index in [1.807, 2.05) is 0 Å². The molecular weight excluding hydrogens is 298 g/mol. The summed E-state index contributed by atoms with van der Waals surface area (Å²) < 4.78 is 43.6. The highest BCUT2D eigenvalue weighted by Crippen LogP contribution is 2.38. The zero-order valence-corrected chi connectivity index (χ0v) is 11.6. The first-order valence-corrected chi connectivity index (χ1v) is 6.73. The molecule has 8 heteroatoms. The molecule has 0 radical (unpaired) electrons. The molecule has 0 aliphatic heterocycles. The van der Waals surface area contributed by atoms with Gasteiger partial charge in [-0.1, -0.05) is 0 Å². The van der Waals surface area contributed by atoms with Crippen LogP contribution in [-0.4, -0.2) is 18.0 Å². The fourth-order valence-corrected chi connectivity index (χ4v) is 2.53. The number of rotatable bonds is 3. The SMILES string of the molecule is Cc1c(F)ccc2c(=O)c(C(=O)OB(F)F)cn(C3CC3)c12. The van der Waals surface area contributed by atoms with E-state index in [4.69, 9.17) is 0 Å². The van der Waals surface area contributed by atoms with Crippen LogP contribution < -0.4 is 5.43 Å². The number of halogens is 3. The molecule has 1 saturated carbocycles. The lowest BCUT2D eigenvalue weighted by molar-refractivity contribution is 0.0693. The molecule has 0 saturated heterocycles. The summed E-state index contributed by atoms with van der Waals surface area (Å²) >= 11 is 0. The number of aryl methyl sites for hydroxylation is 1. The molecule has 1 fully saturated rings. The van der Waals surface area contributed by atoms with Crippen LogP contribution in [0.5, 0.6) is 0 Å². The van der Waals surface area contributed by atoms with Crippen LogP contribution in [0.4, 0.5) is 13.0 Å². The zero-order valence-electron chi connectivity index (χ0n) is 11.6. The van der Waals surface area contributed by atoms with Crippen LogP contribution in [0.25, 0.3) is 10.9 Å². The molecule has 1 aliphatic carbocycles. The van der Waals surface area contributed by atoms with Gasteiger partial charge in [0.2, 0.25) is 5.43 Å². The minimum absolute atomic E-state index is 0.0294. The summed E-state index contributed by atoms with van der Waals surface area (Å²) in [6.45, 7) is 1.53. The Hall–Kier alpha value is -2.25. The Balaban J connectivity index is 2.29. The minimum atomic E-state index is -3.30. The van der Waals surface area contributed by atoms with Gasteiger partial charge in [0.1, 0.15) is 11.4 Å². The predicted octanol–water partition coefficient (Wildman–Crippen LogP) is 2.86. The molecule has 0 amide bonds. The Morgan fingerprint density at radius 3 is 2.64 bits per heavy atom. The molecule has 3 rings (SSSR count). The minimum Gasteiger partial charge on any atom is -0.474 e. The molecular formula is C14H11BF3NO3. The van der Waals surface area contributed by atoms with E-state index >= 15 is 0 Å². The first kappa shape index (κ1) is 14.7. The van der Waals surface area contributed by atoms with E-state index in [2.05, 4.69) is 4.65 Å². The second-order valence-electron chi connectivity index (χ2n) is 5.24. The molecule has 2 aromatic rings. The molecule has 1 aliphatic rings. The summed E-state index contributed by atoms with van der Waals surface area (Å²) in [4.78, 5) is 24.0. The molecule has 0 atom stereocenters. The second-order valence-corrected chi connectivity index (χ2v) is 5.24. The van der Waals surface area contributed by atoms with Crippen LogP contribution in [0.15, 0.2) is 23.1 Å². The smallest absolute Gasteiger partial charge is 0.474 e. The van der Waals surface area contributed by atoms with Gasteiger partial charge in [-0.15, -0.1) is 0 Å². The standard InChI is InChI=1S/C14H11BF3NO3/c1-7-11(16)5-4-9-12(7)19(8-2-3-8)6-10(13(9)20)14(21)22-15(17)18/h4-6,8H,2-3H2,1H3. The average Bonchev–Trinajstić information content (AvgIpc) is 3.27. The Morgan fingerprint density at radius 2 is 2.05 bits per heavy atom. The van der Waals surface area contributed by atoms with Crippen LogP contribution in [-0.2, 0) is 4.65 Å². The third kappa shape index (κ3) is 2.38. The Kier molecular flexibility index (Phi) is 3.46. The van der Waals surface area contributed by atoms with Gasteiger partial charge in [-0.05, 0) is 31.9 Å². The molecule has 0 bridgehead atoms. The maximum Gasteiger partial charge on any atom is 0.798 e. The fraction of sp³-hybridized carbons (Fsp3) is 0.286. The number of benzene rings is 1. The van der Waals surface area contributed by atoms with Gasteiger partial charge in [-0.3, -0.25) is 4.79 Å².